The Morgan fingerprint density at radius 1 is 0.767 bits per heavy atom. The predicted octanol–water partition coefficient (Wildman–Crippen LogP) is 6.93. The third-order valence-electron chi connectivity index (χ3n) is 7.34. The number of rotatable bonds is 28. The normalized spacial score (nSPS) is 15.3. The van der Waals surface area contributed by atoms with Gasteiger partial charge in [-0.15, -0.1) is 0 Å². The molecule has 9 heteroatoms. The summed E-state index contributed by atoms with van der Waals surface area (Å²) in [6.07, 6.45) is 21.2. The largest absolute Gasteiger partial charge is 0.380 e. The summed E-state index contributed by atoms with van der Waals surface area (Å²) in [4.78, 5) is 2.45. The molecular formula is C34H59N4O4P. The molecule has 8 nitrogen and oxygen atoms in total. The third-order valence-corrected chi connectivity index (χ3v) is 9.45. The molecule has 0 aliphatic heterocycles. The quantitative estimate of drug-likeness (QED) is 0.0748. The first-order chi connectivity index (χ1) is 21.0. The first kappa shape index (κ1) is 37.8. The highest BCUT2D eigenvalue weighted by atomic mass is 31.2. The molecule has 43 heavy (non-hydrogen) atoms. The zero-order valence-corrected chi connectivity index (χ0v) is 28.4. The molecule has 0 amide bonds. The highest BCUT2D eigenvalue weighted by Gasteiger charge is 2.26. The Labute approximate surface area is 264 Å². The number of ether oxygens (including phenoxy) is 2. The second-order valence-electron chi connectivity index (χ2n) is 11.7. The topological polar surface area (TPSA) is 79.2 Å². The van der Waals surface area contributed by atoms with E-state index in [4.69, 9.17) is 23.8 Å². The first-order valence-corrected chi connectivity index (χ1v) is 17.6. The highest BCUT2D eigenvalue weighted by molar-refractivity contribution is 7.44. The van der Waals surface area contributed by atoms with Crippen LogP contribution in [0.15, 0.2) is 47.6 Å². The molecule has 0 heterocycles. The summed E-state index contributed by atoms with van der Waals surface area (Å²) in [5.74, 6) is 0. The minimum atomic E-state index is -1.17. The maximum atomic E-state index is 8.90. The van der Waals surface area contributed by atoms with Crippen molar-refractivity contribution in [3.8, 4) is 6.07 Å². The Balaban J connectivity index is 1.63. The smallest absolute Gasteiger partial charge is 0.259 e. The van der Waals surface area contributed by atoms with E-state index >= 15 is 0 Å². The highest BCUT2D eigenvalue weighted by Crippen LogP contribution is 2.45. The Bertz CT molecular complexity index is 834. The van der Waals surface area contributed by atoms with Crippen molar-refractivity contribution in [3.05, 3.63) is 47.6 Å². The van der Waals surface area contributed by atoms with Crippen LogP contribution in [-0.2, 0) is 18.5 Å². The molecule has 2 rings (SSSR count). The second-order valence-corrected chi connectivity index (χ2v) is 13.1. The average Bonchev–Trinajstić information content (AvgIpc) is 3.70. The minimum Gasteiger partial charge on any atom is -0.380 e. The van der Waals surface area contributed by atoms with Gasteiger partial charge in [0.25, 0.3) is 8.53 Å². The summed E-state index contributed by atoms with van der Waals surface area (Å²) in [5.41, 5.74) is 3.03. The van der Waals surface area contributed by atoms with Crippen molar-refractivity contribution in [1.29, 1.82) is 5.26 Å². The number of nitrogens with one attached hydrogen (secondary N) is 1. The lowest BCUT2D eigenvalue weighted by molar-refractivity contribution is 0.0734. The van der Waals surface area contributed by atoms with Gasteiger partial charge in [-0.25, -0.2) is 4.67 Å². The van der Waals surface area contributed by atoms with Crippen molar-refractivity contribution in [2.75, 3.05) is 72.4 Å². The van der Waals surface area contributed by atoms with Crippen molar-refractivity contribution in [2.24, 2.45) is 0 Å². The van der Waals surface area contributed by atoms with E-state index in [9.17, 15) is 0 Å². The zero-order valence-electron chi connectivity index (χ0n) is 27.5. The van der Waals surface area contributed by atoms with Crippen LogP contribution in [-0.4, -0.2) is 94.0 Å². The molecular weight excluding hydrogens is 559 g/mol. The van der Waals surface area contributed by atoms with E-state index in [0.29, 0.717) is 31.7 Å². The van der Waals surface area contributed by atoms with Crippen LogP contribution in [0.3, 0.4) is 0 Å². The van der Waals surface area contributed by atoms with Crippen molar-refractivity contribution >= 4 is 8.53 Å². The Morgan fingerprint density at radius 2 is 1.35 bits per heavy atom. The van der Waals surface area contributed by atoms with Gasteiger partial charge < -0.3 is 23.8 Å². The summed E-state index contributed by atoms with van der Waals surface area (Å²) in [5, 5.41) is 12.5. The van der Waals surface area contributed by atoms with Crippen molar-refractivity contribution in [3.63, 3.8) is 0 Å². The van der Waals surface area contributed by atoms with Gasteiger partial charge in [-0.3, -0.25) is 4.90 Å². The maximum absolute atomic E-state index is 8.90. The molecule has 0 bridgehead atoms. The molecule has 0 radical (unpaired) electrons. The second kappa shape index (κ2) is 24.9. The van der Waals surface area contributed by atoms with Crippen LogP contribution in [0.2, 0.25) is 0 Å². The van der Waals surface area contributed by atoms with Crippen molar-refractivity contribution in [1.82, 2.24) is 14.9 Å². The molecule has 0 aromatic carbocycles. The number of hydrogen-bond donors (Lipinski definition) is 1. The van der Waals surface area contributed by atoms with Gasteiger partial charge in [0.05, 0.1) is 38.9 Å². The predicted molar refractivity (Wildman–Crippen MR) is 179 cm³/mol. The first-order valence-electron chi connectivity index (χ1n) is 16.5. The molecule has 0 saturated carbocycles. The van der Waals surface area contributed by atoms with Gasteiger partial charge in [0.1, 0.15) is 0 Å². The van der Waals surface area contributed by atoms with Gasteiger partial charge in [-0.05, 0) is 79.2 Å². The van der Waals surface area contributed by atoms with E-state index in [0.717, 1.165) is 104 Å². The third kappa shape index (κ3) is 18.2. The molecule has 2 aliphatic carbocycles. The average molecular weight is 619 g/mol. The van der Waals surface area contributed by atoms with Gasteiger partial charge in [0.2, 0.25) is 0 Å². The van der Waals surface area contributed by atoms with E-state index in [1.165, 1.54) is 11.1 Å². The lowest BCUT2D eigenvalue weighted by Crippen LogP contribution is -2.37. The fourth-order valence-electron chi connectivity index (χ4n) is 5.10. The van der Waals surface area contributed by atoms with Gasteiger partial charge in [-0.2, -0.15) is 5.26 Å². The number of nitriles is 1. The van der Waals surface area contributed by atoms with Crippen molar-refractivity contribution in [2.45, 2.75) is 91.1 Å². The molecule has 1 unspecified atom stereocenters. The van der Waals surface area contributed by atoms with E-state index in [1.54, 1.807) is 0 Å². The van der Waals surface area contributed by atoms with Gasteiger partial charge in [-0.1, -0.05) is 47.6 Å². The van der Waals surface area contributed by atoms with Crippen LogP contribution < -0.4 is 5.32 Å². The number of allylic oxidation sites excluding steroid dienone is 8. The summed E-state index contributed by atoms with van der Waals surface area (Å²) < 4.78 is 26.4. The molecule has 0 fully saturated rings. The minimum absolute atomic E-state index is 0.314. The molecule has 0 aromatic rings. The van der Waals surface area contributed by atoms with Crippen molar-refractivity contribution < 1.29 is 18.5 Å². The van der Waals surface area contributed by atoms with Crippen LogP contribution in [0.25, 0.3) is 0 Å². The van der Waals surface area contributed by atoms with Crippen LogP contribution in [0.1, 0.15) is 79.1 Å². The summed E-state index contributed by atoms with van der Waals surface area (Å²) in [6.45, 7) is 17.4. The molecule has 1 atom stereocenters. The van der Waals surface area contributed by atoms with Gasteiger partial charge in [0, 0.05) is 51.5 Å². The molecule has 0 spiro atoms. The zero-order chi connectivity index (χ0) is 31.0. The van der Waals surface area contributed by atoms with E-state index in [2.05, 4.69) is 85.1 Å². The fraction of sp³-hybridized carbons (Fsp3) is 0.735. The van der Waals surface area contributed by atoms with E-state index in [1.807, 2.05) is 0 Å². The number of nitrogens with zero attached hydrogens (tertiary/aromatic N) is 3. The SMILES string of the molecule is CC(C)N(C(C)C)P(OCCC#N)OCCCNCCN(CCOCCCC1=CC=CC1)CCOCCCC1=CC=CC1. The van der Waals surface area contributed by atoms with Crippen LogP contribution >= 0.6 is 8.53 Å². The van der Waals surface area contributed by atoms with Crippen LogP contribution in [0.4, 0.5) is 0 Å². The fourth-order valence-corrected chi connectivity index (χ4v) is 6.73. The number of hydrogen-bond acceptors (Lipinski definition) is 8. The lowest BCUT2D eigenvalue weighted by atomic mass is 10.1. The van der Waals surface area contributed by atoms with Crippen LogP contribution in [0, 0.1) is 11.3 Å². The molecule has 0 saturated heterocycles. The molecule has 1 N–H and O–H groups in total. The molecule has 2 aliphatic rings. The molecule has 244 valence electrons. The van der Waals surface area contributed by atoms with E-state index in [-0.39, 0.29) is 0 Å². The summed E-state index contributed by atoms with van der Waals surface area (Å²) in [7, 11) is -1.17. The van der Waals surface area contributed by atoms with Crippen LogP contribution in [0.5, 0.6) is 0 Å². The van der Waals surface area contributed by atoms with E-state index < -0.39 is 8.53 Å². The Hall–Kier alpha value is -1.40. The summed E-state index contributed by atoms with van der Waals surface area (Å²) >= 11 is 0. The summed E-state index contributed by atoms with van der Waals surface area (Å²) in [6, 6.07) is 2.79. The molecule has 0 aromatic heterocycles. The van der Waals surface area contributed by atoms with Gasteiger partial charge in [0.15, 0.2) is 0 Å². The standard InChI is InChI=1S/C34H59N4O4P/c1-31(2)38(32(3)4)43(41-27-11-19-35)42-28-12-20-36-21-22-37(23-29-39-25-9-17-33-13-5-6-14-33)24-30-40-26-10-18-34-15-7-8-16-34/h5-8,13,15,31-32,36H,9-12,14,16-18,20-30H2,1-4H3. The van der Waals surface area contributed by atoms with Gasteiger partial charge >= 0.3 is 0 Å². The monoisotopic (exact) mass is 618 g/mol. The Kier molecular flexibility index (Phi) is 21.9. The lowest BCUT2D eigenvalue weighted by Gasteiger charge is -2.35. The maximum Gasteiger partial charge on any atom is 0.259 e. The Morgan fingerprint density at radius 3 is 1.86 bits per heavy atom.